The van der Waals surface area contributed by atoms with Crippen LogP contribution in [-0.4, -0.2) is 40.2 Å². The van der Waals surface area contributed by atoms with Crippen molar-refractivity contribution < 1.29 is 4.52 Å². The highest BCUT2D eigenvalue weighted by molar-refractivity contribution is 4.97. The van der Waals surface area contributed by atoms with Crippen molar-refractivity contribution in [1.29, 1.82) is 0 Å². The molecule has 1 N–H and O–H groups in total. The van der Waals surface area contributed by atoms with Gasteiger partial charge in [0, 0.05) is 12.1 Å². The second kappa shape index (κ2) is 4.74. The second-order valence-corrected chi connectivity index (χ2v) is 5.33. The Morgan fingerprint density at radius 3 is 3.00 bits per heavy atom. The van der Waals surface area contributed by atoms with Crippen LogP contribution in [0.15, 0.2) is 10.9 Å². The molecule has 0 bridgehead atoms. The molecule has 1 aliphatic carbocycles. The normalized spacial score (nSPS) is 25.2. The van der Waals surface area contributed by atoms with Crippen molar-refractivity contribution in [2.75, 3.05) is 19.6 Å². The average molecular weight is 236 g/mol. The summed E-state index contributed by atoms with van der Waals surface area (Å²) >= 11 is 0. The van der Waals surface area contributed by atoms with Crippen LogP contribution in [0.2, 0.25) is 0 Å². The Kier molecular flexibility index (Phi) is 3.11. The third-order valence-electron chi connectivity index (χ3n) is 4.01. The number of hydrogen-bond acceptors (Lipinski definition) is 5. The lowest BCUT2D eigenvalue weighted by atomic mass is 9.97. The maximum atomic E-state index is 4.80. The van der Waals surface area contributed by atoms with Gasteiger partial charge < -0.3 is 9.84 Å². The van der Waals surface area contributed by atoms with Crippen molar-refractivity contribution in [2.24, 2.45) is 0 Å². The highest BCUT2D eigenvalue weighted by atomic mass is 16.5. The number of nitrogens with zero attached hydrogens (tertiary/aromatic N) is 3. The van der Waals surface area contributed by atoms with Gasteiger partial charge in [0.2, 0.25) is 6.39 Å². The van der Waals surface area contributed by atoms with Gasteiger partial charge in [0.05, 0.1) is 6.54 Å². The maximum absolute atomic E-state index is 4.80. The lowest BCUT2D eigenvalue weighted by Crippen LogP contribution is -2.49. The molecule has 1 aromatic heterocycles. The van der Waals surface area contributed by atoms with Gasteiger partial charge in [-0.25, -0.2) is 0 Å². The minimum absolute atomic E-state index is 0.361. The van der Waals surface area contributed by atoms with Gasteiger partial charge >= 0.3 is 0 Å². The van der Waals surface area contributed by atoms with Crippen LogP contribution in [0, 0.1) is 0 Å². The first-order valence-corrected chi connectivity index (χ1v) is 6.59. The molecular weight excluding hydrogens is 216 g/mol. The predicted octanol–water partition coefficient (Wildman–Crippen LogP) is 1.18. The van der Waals surface area contributed by atoms with E-state index >= 15 is 0 Å². The molecule has 3 rings (SSSR count). The zero-order valence-electron chi connectivity index (χ0n) is 10.2. The molecule has 2 heterocycles. The van der Waals surface area contributed by atoms with E-state index in [1.165, 1.54) is 38.5 Å². The molecule has 1 aromatic rings. The summed E-state index contributed by atoms with van der Waals surface area (Å²) in [5, 5.41) is 7.67. The van der Waals surface area contributed by atoms with Crippen molar-refractivity contribution >= 4 is 0 Å². The zero-order valence-corrected chi connectivity index (χ0v) is 10.2. The topological polar surface area (TPSA) is 54.2 Å². The largest absolute Gasteiger partial charge is 0.343 e. The quantitative estimate of drug-likeness (QED) is 0.835. The van der Waals surface area contributed by atoms with E-state index in [-0.39, 0.29) is 0 Å². The van der Waals surface area contributed by atoms with Gasteiger partial charge in [-0.1, -0.05) is 18.0 Å². The molecule has 17 heavy (non-hydrogen) atoms. The van der Waals surface area contributed by atoms with Gasteiger partial charge in [-0.2, -0.15) is 4.98 Å². The Morgan fingerprint density at radius 2 is 2.24 bits per heavy atom. The van der Waals surface area contributed by atoms with E-state index < -0.39 is 0 Å². The van der Waals surface area contributed by atoms with Crippen molar-refractivity contribution in [2.45, 2.75) is 44.2 Å². The fraction of sp³-hybridized carbons (Fsp3) is 0.833. The van der Waals surface area contributed by atoms with E-state index in [0.29, 0.717) is 5.54 Å². The van der Waals surface area contributed by atoms with Crippen molar-refractivity contribution in [3.05, 3.63) is 12.2 Å². The fourth-order valence-electron chi connectivity index (χ4n) is 3.20. The first-order chi connectivity index (χ1) is 8.36. The minimum Gasteiger partial charge on any atom is -0.343 e. The Morgan fingerprint density at radius 1 is 1.35 bits per heavy atom. The number of hydrogen-bond donors (Lipinski definition) is 1. The molecule has 0 aromatic carbocycles. The summed E-state index contributed by atoms with van der Waals surface area (Å²) in [6.45, 7) is 4.22. The first kappa shape index (κ1) is 11.2. The van der Waals surface area contributed by atoms with Crippen LogP contribution in [0.3, 0.4) is 0 Å². The van der Waals surface area contributed by atoms with E-state index in [0.717, 1.165) is 32.0 Å². The van der Waals surface area contributed by atoms with Crippen LogP contribution in [0.4, 0.5) is 0 Å². The molecule has 0 amide bonds. The molecule has 0 unspecified atom stereocenters. The number of nitrogens with one attached hydrogen (secondary N) is 1. The summed E-state index contributed by atoms with van der Waals surface area (Å²) < 4.78 is 4.80. The molecule has 5 nitrogen and oxygen atoms in total. The number of aromatic nitrogens is 2. The number of rotatable bonds is 2. The zero-order chi connectivity index (χ0) is 11.6. The van der Waals surface area contributed by atoms with E-state index in [9.17, 15) is 0 Å². The van der Waals surface area contributed by atoms with Crippen molar-refractivity contribution in [3.8, 4) is 0 Å². The molecule has 1 spiro atoms. The molecule has 94 valence electrons. The van der Waals surface area contributed by atoms with Crippen LogP contribution in [0.5, 0.6) is 0 Å². The van der Waals surface area contributed by atoms with Gasteiger partial charge in [0.25, 0.3) is 0 Å². The van der Waals surface area contributed by atoms with Crippen LogP contribution in [0.1, 0.15) is 37.9 Å². The molecule has 2 aliphatic rings. The molecular formula is C12H20N4O. The smallest absolute Gasteiger partial charge is 0.213 e. The third-order valence-corrected chi connectivity index (χ3v) is 4.01. The van der Waals surface area contributed by atoms with E-state index in [2.05, 4.69) is 20.4 Å². The van der Waals surface area contributed by atoms with Crippen LogP contribution >= 0.6 is 0 Å². The first-order valence-electron chi connectivity index (χ1n) is 6.59. The van der Waals surface area contributed by atoms with Crippen LogP contribution in [-0.2, 0) is 6.54 Å². The Balaban J connectivity index is 1.67. The van der Waals surface area contributed by atoms with Crippen molar-refractivity contribution in [3.63, 3.8) is 0 Å². The fourth-order valence-corrected chi connectivity index (χ4v) is 3.20. The summed E-state index contributed by atoms with van der Waals surface area (Å²) in [4.78, 5) is 6.58. The Labute approximate surface area is 102 Å². The van der Waals surface area contributed by atoms with Gasteiger partial charge in [-0.05, 0) is 32.4 Å². The SMILES string of the molecule is c1nc(CN2CCCNC3(CCCC3)C2)no1. The standard InChI is InChI=1S/C12H20N4O/c1-2-5-12(4-1)9-16(7-3-6-14-12)8-11-13-10-17-15-11/h10,14H,1-9H2. The summed E-state index contributed by atoms with van der Waals surface area (Å²) in [7, 11) is 0. The third kappa shape index (κ3) is 2.50. The van der Waals surface area contributed by atoms with Crippen LogP contribution in [0.25, 0.3) is 0 Å². The lowest BCUT2D eigenvalue weighted by Gasteiger charge is -2.32. The molecule has 1 saturated heterocycles. The molecule has 1 saturated carbocycles. The van der Waals surface area contributed by atoms with Gasteiger partial charge in [-0.15, -0.1) is 0 Å². The Bertz CT molecular complexity index is 345. The highest BCUT2D eigenvalue weighted by Crippen LogP contribution is 2.31. The molecule has 1 aliphatic heterocycles. The second-order valence-electron chi connectivity index (χ2n) is 5.33. The molecule has 5 heteroatoms. The molecule has 2 fully saturated rings. The van der Waals surface area contributed by atoms with E-state index in [1.807, 2.05) is 0 Å². The predicted molar refractivity (Wildman–Crippen MR) is 63.4 cm³/mol. The maximum Gasteiger partial charge on any atom is 0.213 e. The average Bonchev–Trinajstić information content (AvgIpc) is 2.92. The lowest BCUT2D eigenvalue weighted by molar-refractivity contribution is 0.198. The van der Waals surface area contributed by atoms with Gasteiger partial charge in [-0.3, -0.25) is 4.90 Å². The molecule has 0 radical (unpaired) electrons. The van der Waals surface area contributed by atoms with Gasteiger partial charge in [0.1, 0.15) is 0 Å². The van der Waals surface area contributed by atoms with Crippen molar-refractivity contribution in [1.82, 2.24) is 20.4 Å². The monoisotopic (exact) mass is 236 g/mol. The summed E-state index contributed by atoms with van der Waals surface area (Å²) in [5.41, 5.74) is 0.361. The minimum atomic E-state index is 0.361. The van der Waals surface area contributed by atoms with Crippen LogP contribution < -0.4 is 5.32 Å². The van der Waals surface area contributed by atoms with E-state index in [4.69, 9.17) is 4.52 Å². The van der Waals surface area contributed by atoms with Gasteiger partial charge in [0.15, 0.2) is 5.82 Å². The summed E-state index contributed by atoms with van der Waals surface area (Å²) in [5.74, 6) is 0.806. The highest BCUT2D eigenvalue weighted by Gasteiger charge is 2.36. The Hall–Kier alpha value is -0.940. The molecule has 0 atom stereocenters. The summed E-state index contributed by atoms with van der Waals surface area (Å²) in [6.07, 6.45) is 7.98. The van der Waals surface area contributed by atoms with E-state index in [1.54, 1.807) is 0 Å². The summed E-state index contributed by atoms with van der Waals surface area (Å²) in [6, 6.07) is 0.